The second-order valence-electron chi connectivity index (χ2n) is 4.97. The fourth-order valence-electron chi connectivity index (χ4n) is 2.18. The van der Waals surface area contributed by atoms with Gasteiger partial charge in [-0.05, 0) is 25.9 Å². The fraction of sp³-hybridized carbons (Fsp3) is 0.750. The second kappa shape index (κ2) is 7.68. The number of carbonyl (C=O) groups is 3. The van der Waals surface area contributed by atoms with Crippen LogP contribution in [0.2, 0.25) is 0 Å². The molecule has 0 aromatic carbocycles. The number of nitrogens with zero attached hydrogens (tertiary/aromatic N) is 3. The van der Waals surface area contributed by atoms with Gasteiger partial charge < -0.3 is 25.5 Å². The maximum atomic E-state index is 12.1. The molecule has 0 spiro atoms. The topological polar surface area (TPSA) is 107 Å². The van der Waals surface area contributed by atoms with Crippen LogP contribution in [-0.4, -0.2) is 84.0 Å². The van der Waals surface area contributed by atoms with Crippen molar-refractivity contribution in [3.8, 4) is 0 Å². The molecule has 1 aliphatic heterocycles. The Hall–Kier alpha value is -1.83. The van der Waals surface area contributed by atoms with Crippen LogP contribution >= 0.6 is 0 Å². The summed E-state index contributed by atoms with van der Waals surface area (Å²) in [7, 11) is 1.59. The molecule has 1 aliphatic rings. The van der Waals surface area contributed by atoms with E-state index in [-0.39, 0.29) is 6.54 Å². The Morgan fingerprint density at radius 3 is 2.30 bits per heavy atom. The van der Waals surface area contributed by atoms with Crippen molar-refractivity contribution in [3.05, 3.63) is 0 Å². The fourth-order valence-corrected chi connectivity index (χ4v) is 2.18. The number of hydrogen-bond donors (Lipinski definition) is 2. The number of aliphatic carboxylic acids is 1. The van der Waals surface area contributed by atoms with Crippen LogP contribution in [0.5, 0.6) is 0 Å². The zero-order chi connectivity index (χ0) is 15.1. The lowest BCUT2D eigenvalue weighted by Gasteiger charge is -2.27. The maximum Gasteiger partial charge on any atom is 0.323 e. The van der Waals surface area contributed by atoms with E-state index in [1.165, 1.54) is 17.7 Å². The number of carbonyl (C=O) groups excluding carboxylic acids is 2. The summed E-state index contributed by atoms with van der Waals surface area (Å²) in [6.07, 6.45) is 2.34. The highest BCUT2D eigenvalue weighted by molar-refractivity contribution is 5.85. The summed E-state index contributed by atoms with van der Waals surface area (Å²) in [4.78, 5) is 38.3. The molecule has 114 valence electrons. The molecule has 0 unspecified atom stereocenters. The molecule has 8 heteroatoms. The number of hydrogen-bond acceptors (Lipinski definition) is 4. The van der Waals surface area contributed by atoms with Crippen molar-refractivity contribution in [2.24, 2.45) is 5.73 Å². The van der Waals surface area contributed by atoms with Crippen molar-refractivity contribution in [2.45, 2.75) is 12.8 Å². The van der Waals surface area contributed by atoms with Gasteiger partial charge in [-0.25, -0.2) is 4.79 Å². The SMILES string of the molecule is CN(CCN1CCCC1)C(=O)N(CC(N)=O)CC(=O)O. The van der Waals surface area contributed by atoms with Crippen LogP contribution in [0, 0.1) is 0 Å². The molecule has 0 radical (unpaired) electrons. The third-order valence-corrected chi connectivity index (χ3v) is 3.22. The molecule has 0 saturated carbocycles. The number of nitrogens with two attached hydrogens (primary N) is 1. The smallest absolute Gasteiger partial charge is 0.323 e. The first-order chi connectivity index (χ1) is 9.40. The summed E-state index contributed by atoms with van der Waals surface area (Å²) in [5.41, 5.74) is 5.03. The van der Waals surface area contributed by atoms with Crippen LogP contribution in [0.15, 0.2) is 0 Å². The monoisotopic (exact) mass is 286 g/mol. The van der Waals surface area contributed by atoms with Gasteiger partial charge in [-0.1, -0.05) is 0 Å². The molecule has 20 heavy (non-hydrogen) atoms. The highest BCUT2D eigenvalue weighted by Crippen LogP contribution is 2.07. The summed E-state index contributed by atoms with van der Waals surface area (Å²) in [6, 6.07) is -0.495. The van der Waals surface area contributed by atoms with Crippen molar-refractivity contribution in [1.29, 1.82) is 0 Å². The Morgan fingerprint density at radius 1 is 1.20 bits per heavy atom. The Labute approximate surface area is 118 Å². The molecule has 1 saturated heterocycles. The summed E-state index contributed by atoms with van der Waals surface area (Å²) in [5.74, 6) is -1.90. The van der Waals surface area contributed by atoms with E-state index in [0.29, 0.717) is 6.54 Å². The number of primary amides is 1. The zero-order valence-corrected chi connectivity index (χ0v) is 11.7. The van der Waals surface area contributed by atoms with Gasteiger partial charge in [0.2, 0.25) is 5.91 Å². The van der Waals surface area contributed by atoms with Crippen molar-refractivity contribution in [1.82, 2.24) is 14.7 Å². The molecule has 1 rings (SSSR count). The van der Waals surface area contributed by atoms with E-state index in [4.69, 9.17) is 10.8 Å². The molecule has 0 aromatic heterocycles. The van der Waals surface area contributed by atoms with Crippen molar-refractivity contribution in [2.75, 3.05) is 46.3 Å². The van der Waals surface area contributed by atoms with E-state index in [2.05, 4.69) is 4.90 Å². The van der Waals surface area contributed by atoms with Gasteiger partial charge in [0.05, 0.1) is 0 Å². The second-order valence-corrected chi connectivity index (χ2v) is 4.97. The first kappa shape index (κ1) is 16.2. The summed E-state index contributed by atoms with van der Waals surface area (Å²) < 4.78 is 0. The molecule has 0 aromatic rings. The molecule has 0 aliphatic carbocycles. The van der Waals surface area contributed by atoms with Gasteiger partial charge in [0.15, 0.2) is 0 Å². The number of carboxylic acid groups (broad SMARTS) is 1. The van der Waals surface area contributed by atoms with E-state index in [0.717, 1.165) is 24.5 Å². The lowest BCUT2D eigenvalue weighted by atomic mass is 10.4. The minimum Gasteiger partial charge on any atom is -0.480 e. The number of rotatable bonds is 7. The van der Waals surface area contributed by atoms with Crippen LogP contribution in [0.25, 0.3) is 0 Å². The van der Waals surface area contributed by atoms with Crippen LogP contribution < -0.4 is 5.73 Å². The van der Waals surface area contributed by atoms with Crippen LogP contribution in [-0.2, 0) is 9.59 Å². The third kappa shape index (κ3) is 5.43. The lowest BCUT2D eigenvalue weighted by molar-refractivity contribution is -0.138. The largest absolute Gasteiger partial charge is 0.480 e. The number of urea groups is 1. The molecular weight excluding hydrogens is 264 g/mol. The van der Waals surface area contributed by atoms with Crippen molar-refractivity contribution >= 4 is 17.9 Å². The lowest BCUT2D eigenvalue weighted by Crippen LogP contribution is -2.48. The molecule has 1 fully saturated rings. The summed E-state index contributed by atoms with van der Waals surface area (Å²) in [5, 5.41) is 8.76. The van der Waals surface area contributed by atoms with Crippen molar-refractivity contribution < 1.29 is 19.5 Å². The van der Waals surface area contributed by atoms with Crippen LogP contribution in [0.3, 0.4) is 0 Å². The predicted molar refractivity (Wildman–Crippen MR) is 72.1 cm³/mol. The quantitative estimate of drug-likeness (QED) is 0.624. The number of amides is 3. The summed E-state index contributed by atoms with van der Waals surface area (Å²) in [6.45, 7) is 2.38. The van der Waals surface area contributed by atoms with E-state index in [9.17, 15) is 14.4 Å². The Kier molecular flexibility index (Phi) is 6.23. The van der Waals surface area contributed by atoms with E-state index >= 15 is 0 Å². The van der Waals surface area contributed by atoms with Gasteiger partial charge in [-0.3, -0.25) is 9.59 Å². The van der Waals surface area contributed by atoms with Gasteiger partial charge in [0.25, 0.3) is 0 Å². The Bertz CT molecular complexity index is 352. The van der Waals surface area contributed by atoms with Gasteiger partial charge in [0, 0.05) is 20.1 Å². The summed E-state index contributed by atoms with van der Waals surface area (Å²) >= 11 is 0. The minimum absolute atomic E-state index is 0.390. The van der Waals surface area contributed by atoms with E-state index < -0.39 is 24.5 Å². The molecule has 3 amide bonds. The standard InChI is InChI=1S/C12H22N4O4/c1-14(6-7-15-4-2-3-5-15)12(20)16(8-10(13)17)9-11(18)19/h2-9H2,1H3,(H2,13,17)(H,18,19). The number of likely N-dealkylation sites (N-methyl/N-ethyl adjacent to an activating group) is 1. The number of carboxylic acids is 1. The Morgan fingerprint density at radius 2 is 1.80 bits per heavy atom. The first-order valence-electron chi connectivity index (χ1n) is 6.62. The van der Waals surface area contributed by atoms with Crippen LogP contribution in [0.1, 0.15) is 12.8 Å². The molecule has 0 atom stereocenters. The first-order valence-corrected chi connectivity index (χ1v) is 6.62. The number of likely N-dealkylation sites (tertiary alicyclic amines) is 1. The zero-order valence-electron chi connectivity index (χ0n) is 11.7. The third-order valence-electron chi connectivity index (χ3n) is 3.22. The normalized spacial score (nSPS) is 15.1. The minimum atomic E-state index is -1.17. The average Bonchev–Trinajstić information content (AvgIpc) is 2.86. The molecule has 3 N–H and O–H groups in total. The van der Waals surface area contributed by atoms with Gasteiger partial charge >= 0.3 is 12.0 Å². The van der Waals surface area contributed by atoms with Crippen molar-refractivity contribution in [3.63, 3.8) is 0 Å². The highest BCUT2D eigenvalue weighted by atomic mass is 16.4. The van der Waals surface area contributed by atoms with E-state index in [1.54, 1.807) is 7.05 Å². The Balaban J connectivity index is 2.48. The predicted octanol–water partition coefficient (Wildman–Crippen LogP) is -0.994. The maximum absolute atomic E-state index is 12.1. The molecule has 1 heterocycles. The molecule has 8 nitrogen and oxygen atoms in total. The van der Waals surface area contributed by atoms with Crippen LogP contribution in [0.4, 0.5) is 4.79 Å². The molecule has 0 bridgehead atoms. The molecular formula is C12H22N4O4. The van der Waals surface area contributed by atoms with Gasteiger partial charge in [-0.15, -0.1) is 0 Å². The highest BCUT2D eigenvalue weighted by Gasteiger charge is 2.22. The average molecular weight is 286 g/mol. The van der Waals surface area contributed by atoms with Gasteiger partial charge in [0.1, 0.15) is 13.1 Å². The van der Waals surface area contributed by atoms with E-state index in [1.807, 2.05) is 0 Å². The van der Waals surface area contributed by atoms with Gasteiger partial charge in [-0.2, -0.15) is 0 Å².